The van der Waals surface area contributed by atoms with Crippen molar-refractivity contribution < 1.29 is 17.9 Å². The van der Waals surface area contributed by atoms with Crippen molar-refractivity contribution >= 4 is 27.6 Å². The molecule has 3 rings (SSSR count). The monoisotopic (exact) mass is 408 g/mol. The number of pyridine rings is 1. The van der Waals surface area contributed by atoms with Gasteiger partial charge in [0.15, 0.2) is 5.78 Å². The number of carbonyl (C=O) groups is 1. The molecular formula is C22H20N2O4S. The van der Waals surface area contributed by atoms with Crippen molar-refractivity contribution in [3.63, 3.8) is 0 Å². The molecule has 0 radical (unpaired) electrons. The van der Waals surface area contributed by atoms with Gasteiger partial charge in [-0.3, -0.25) is 14.5 Å². The third-order valence-corrected chi connectivity index (χ3v) is 4.53. The average molecular weight is 408 g/mol. The van der Waals surface area contributed by atoms with Gasteiger partial charge in [0.1, 0.15) is 12.4 Å². The number of sulfonamides is 1. The second kappa shape index (κ2) is 9.16. The lowest BCUT2D eigenvalue weighted by atomic mass is 10.1. The van der Waals surface area contributed by atoms with E-state index in [0.717, 1.165) is 17.4 Å². The Hall–Kier alpha value is -3.45. The Labute approximate surface area is 169 Å². The number of benzene rings is 2. The number of hydrogen-bond acceptors (Lipinski definition) is 5. The molecule has 0 unspecified atom stereocenters. The van der Waals surface area contributed by atoms with E-state index >= 15 is 0 Å². The molecule has 0 aliphatic carbocycles. The molecule has 0 aliphatic heterocycles. The van der Waals surface area contributed by atoms with Gasteiger partial charge in [0.05, 0.1) is 6.26 Å². The molecule has 2 aromatic carbocycles. The van der Waals surface area contributed by atoms with Crippen LogP contribution >= 0.6 is 0 Å². The normalized spacial score (nSPS) is 11.3. The lowest BCUT2D eigenvalue weighted by Gasteiger charge is -2.09. The number of nitrogens with zero attached hydrogens (tertiary/aromatic N) is 1. The summed E-state index contributed by atoms with van der Waals surface area (Å²) in [5, 5.41) is 0. The van der Waals surface area contributed by atoms with Gasteiger partial charge >= 0.3 is 0 Å². The Balaban J connectivity index is 1.68. The molecule has 0 aliphatic rings. The lowest BCUT2D eigenvalue weighted by Crippen LogP contribution is -2.09. The minimum atomic E-state index is -3.35. The van der Waals surface area contributed by atoms with Crippen LogP contribution in [0.3, 0.4) is 0 Å². The molecule has 0 saturated heterocycles. The molecule has 1 heterocycles. The minimum Gasteiger partial charge on any atom is -0.488 e. The third-order valence-electron chi connectivity index (χ3n) is 3.92. The van der Waals surface area contributed by atoms with Crippen LogP contribution in [0.4, 0.5) is 5.69 Å². The number of allylic oxidation sites excluding steroid dienone is 1. The predicted octanol–water partition coefficient (Wildman–Crippen LogP) is 3.93. The quantitative estimate of drug-likeness (QED) is 0.451. The van der Waals surface area contributed by atoms with Crippen LogP contribution in [0.15, 0.2) is 79.1 Å². The van der Waals surface area contributed by atoms with E-state index in [0.29, 0.717) is 23.6 Å². The Morgan fingerprint density at radius 3 is 2.52 bits per heavy atom. The number of nitrogens with one attached hydrogen (secondary N) is 1. The van der Waals surface area contributed by atoms with Crippen LogP contribution in [0.2, 0.25) is 0 Å². The maximum Gasteiger partial charge on any atom is 0.229 e. The number of ketones is 1. The molecular weight excluding hydrogens is 388 g/mol. The van der Waals surface area contributed by atoms with Crippen molar-refractivity contribution in [1.82, 2.24) is 4.98 Å². The van der Waals surface area contributed by atoms with Gasteiger partial charge in [0, 0.05) is 34.8 Å². The number of anilines is 1. The summed E-state index contributed by atoms with van der Waals surface area (Å²) in [5.41, 5.74) is 2.58. The zero-order chi connectivity index (χ0) is 20.7. The Morgan fingerprint density at radius 2 is 1.83 bits per heavy atom. The van der Waals surface area contributed by atoms with Crippen molar-refractivity contribution in [2.75, 3.05) is 11.0 Å². The summed E-state index contributed by atoms with van der Waals surface area (Å²) in [7, 11) is -3.35. The number of rotatable bonds is 8. The first-order valence-corrected chi connectivity index (χ1v) is 10.7. The van der Waals surface area contributed by atoms with E-state index in [1.54, 1.807) is 42.7 Å². The summed E-state index contributed by atoms with van der Waals surface area (Å²) in [5.74, 6) is 0.464. The van der Waals surface area contributed by atoms with Gasteiger partial charge < -0.3 is 4.74 Å². The summed E-state index contributed by atoms with van der Waals surface area (Å²) in [6, 6.07) is 17.5. The van der Waals surface area contributed by atoms with Crippen LogP contribution in [0, 0.1) is 0 Å². The zero-order valence-corrected chi connectivity index (χ0v) is 16.6. The third kappa shape index (κ3) is 6.29. The highest BCUT2D eigenvalue weighted by molar-refractivity contribution is 7.92. The van der Waals surface area contributed by atoms with Crippen molar-refractivity contribution in [1.29, 1.82) is 0 Å². The van der Waals surface area contributed by atoms with Crippen LogP contribution in [-0.2, 0) is 16.6 Å². The SMILES string of the molecule is CS(=O)(=O)Nc1ccc(C(=O)C=Cc2ccccc2OCc2cccnc2)cc1. The van der Waals surface area contributed by atoms with Crippen molar-refractivity contribution in [2.45, 2.75) is 6.61 Å². The minimum absolute atomic E-state index is 0.196. The van der Waals surface area contributed by atoms with E-state index in [4.69, 9.17) is 4.74 Å². The topological polar surface area (TPSA) is 85.4 Å². The van der Waals surface area contributed by atoms with Gasteiger partial charge in [0.25, 0.3) is 0 Å². The van der Waals surface area contributed by atoms with E-state index in [1.165, 1.54) is 6.08 Å². The van der Waals surface area contributed by atoms with Crippen LogP contribution in [0.1, 0.15) is 21.5 Å². The van der Waals surface area contributed by atoms with Crippen LogP contribution in [-0.4, -0.2) is 25.4 Å². The highest BCUT2D eigenvalue weighted by Gasteiger charge is 2.06. The van der Waals surface area contributed by atoms with Crippen LogP contribution in [0.25, 0.3) is 6.08 Å². The Bertz CT molecular complexity index is 1110. The second-order valence-electron chi connectivity index (χ2n) is 6.34. The molecule has 7 heteroatoms. The number of ether oxygens (including phenoxy) is 1. The summed E-state index contributed by atoms with van der Waals surface area (Å²) < 4.78 is 30.7. The summed E-state index contributed by atoms with van der Waals surface area (Å²) in [4.78, 5) is 16.5. The summed E-state index contributed by atoms with van der Waals surface area (Å²) >= 11 is 0. The molecule has 6 nitrogen and oxygen atoms in total. The predicted molar refractivity (Wildman–Crippen MR) is 113 cm³/mol. The fraction of sp³-hybridized carbons (Fsp3) is 0.0909. The van der Waals surface area contributed by atoms with E-state index in [1.807, 2.05) is 36.4 Å². The zero-order valence-electron chi connectivity index (χ0n) is 15.8. The maximum atomic E-state index is 12.4. The maximum absolute atomic E-state index is 12.4. The molecule has 0 amide bonds. The molecule has 1 N–H and O–H groups in total. The van der Waals surface area contributed by atoms with Crippen molar-refractivity contribution in [2.24, 2.45) is 0 Å². The molecule has 3 aromatic rings. The number of hydrogen-bond donors (Lipinski definition) is 1. The first kappa shape index (κ1) is 20.3. The first-order valence-electron chi connectivity index (χ1n) is 8.82. The molecule has 1 aromatic heterocycles. The van der Waals surface area contributed by atoms with Crippen molar-refractivity contribution in [3.8, 4) is 5.75 Å². The molecule has 0 atom stereocenters. The lowest BCUT2D eigenvalue weighted by molar-refractivity contribution is 0.104. The fourth-order valence-corrected chi connectivity index (χ4v) is 3.14. The smallest absolute Gasteiger partial charge is 0.229 e. The van der Waals surface area contributed by atoms with Gasteiger partial charge in [-0.05, 0) is 48.6 Å². The van der Waals surface area contributed by atoms with Gasteiger partial charge in [-0.15, -0.1) is 0 Å². The van der Waals surface area contributed by atoms with E-state index in [9.17, 15) is 13.2 Å². The largest absolute Gasteiger partial charge is 0.488 e. The summed E-state index contributed by atoms with van der Waals surface area (Å²) in [6.45, 7) is 0.376. The molecule has 29 heavy (non-hydrogen) atoms. The first-order chi connectivity index (χ1) is 13.9. The van der Waals surface area contributed by atoms with Gasteiger partial charge in [-0.1, -0.05) is 24.3 Å². The van der Waals surface area contributed by atoms with Gasteiger partial charge in [-0.2, -0.15) is 0 Å². The molecule has 148 valence electrons. The van der Waals surface area contributed by atoms with E-state index < -0.39 is 10.0 Å². The van der Waals surface area contributed by atoms with Gasteiger partial charge in [0.2, 0.25) is 10.0 Å². The number of carbonyl (C=O) groups excluding carboxylic acids is 1. The Kier molecular flexibility index (Phi) is 6.41. The molecule has 0 fully saturated rings. The number of aromatic nitrogens is 1. The molecule has 0 saturated carbocycles. The van der Waals surface area contributed by atoms with Crippen LogP contribution in [0.5, 0.6) is 5.75 Å². The summed E-state index contributed by atoms with van der Waals surface area (Å²) in [6.07, 6.45) is 7.68. The molecule has 0 spiro atoms. The molecule has 0 bridgehead atoms. The Morgan fingerprint density at radius 1 is 1.07 bits per heavy atom. The number of para-hydroxylation sites is 1. The highest BCUT2D eigenvalue weighted by atomic mass is 32.2. The standard InChI is InChI=1S/C22H20N2O4S/c1-29(26,27)24-20-11-8-18(9-12-20)21(25)13-10-19-6-2-3-7-22(19)28-16-17-5-4-14-23-15-17/h2-15,24H,16H2,1H3. The second-order valence-corrected chi connectivity index (χ2v) is 8.09. The average Bonchev–Trinajstić information content (AvgIpc) is 2.71. The van der Waals surface area contributed by atoms with Crippen molar-refractivity contribution in [3.05, 3.63) is 95.8 Å². The fourth-order valence-electron chi connectivity index (χ4n) is 2.57. The van der Waals surface area contributed by atoms with E-state index in [-0.39, 0.29) is 5.78 Å². The van der Waals surface area contributed by atoms with Crippen LogP contribution < -0.4 is 9.46 Å². The highest BCUT2D eigenvalue weighted by Crippen LogP contribution is 2.21. The van der Waals surface area contributed by atoms with Gasteiger partial charge in [-0.25, -0.2) is 8.42 Å². The van der Waals surface area contributed by atoms with E-state index in [2.05, 4.69) is 9.71 Å².